The minimum absolute atomic E-state index is 0.388. The average molecular weight is 281 g/mol. The molecule has 1 aliphatic carbocycles. The SMILES string of the molecule is NC1CCCC1Cc1ccc(OCc2ccccc2)cc1. The molecule has 2 atom stereocenters. The van der Waals surface area contributed by atoms with Gasteiger partial charge in [-0.1, -0.05) is 48.9 Å². The molecule has 2 N–H and O–H groups in total. The van der Waals surface area contributed by atoms with Crippen LogP contribution in [0, 0.1) is 5.92 Å². The standard InChI is InChI=1S/C19H23NO/c20-19-8-4-7-17(19)13-15-9-11-18(12-10-15)21-14-16-5-2-1-3-6-16/h1-3,5-6,9-12,17,19H,4,7-8,13-14,20H2. The van der Waals surface area contributed by atoms with Gasteiger partial charge in [-0.15, -0.1) is 0 Å². The smallest absolute Gasteiger partial charge is 0.119 e. The van der Waals surface area contributed by atoms with E-state index >= 15 is 0 Å². The van der Waals surface area contributed by atoms with Gasteiger partial charge in [0.2, 0.25) is 0 Å². The maximum atomic E-state index is 6.14. The number of hydrogen-bond acceptors (Lipinski definition) is 2. The monoisotopic (exact) mass is 281 g/mol. The molecule has 1 aliphatic rings. The zero-order valence-electron chi connectivity index (χ0n) is 12.4. The first-order valence-electron chi connectivity index (χ1n) is 7.82. The van der Waals surface area contributed by atoms with Crippen molar-refractivity contribution in [2.24, 2.45) is 11.7 Å². The number of ether oxygens (including phenoxy) is 1. The molecule has 2 nitrogen and oxygen atoms in total. The molecule has 2 unspecified atom stereocenters. The van der Waals surface area contributed by atoms with Crippen molar-refractivity contribution < 1.29 is 4.74 Å². The summed E-state index contributed by atoms with van der Waals surface area (Å²) >= 11 is 0. The van der Waals surface area contributed by atoms with E-state index in [1.807, 2.05) is 18.2 Å². The van der Waals surface area contributed by atoms with Crippen LogP contribution in [-0.2, 0) is 13.0 Å². The molecule has 2 heteroatoms. The number of hydrogen-bond donors (Lipinski definition) is 1. The Morgan fingerprint density at radius 2 is 1.67 bits per heavy atom. The molecule has 1 saturated carbocycles. The van der Waals surface area contributed by atoms with Crippen LogP contribution in [0.3, 0.4) is 0 Å². The molecular weight excluding hydrogens is 258 g/mol. The average Bonchev–Trinajstić information content (AvgIpc) is 2.93. The number of benzene rings is 2. The normalized spacial score (nSPS) is 21.4. The van der Waals surface area contributed by atoms with Crippen LogP contribution in [0.15, 0.2) is 54.6 Å². The Balaban J connectivity index is 1.54. The second-order valence-electron chi connectivity index (χ2n) is 5.98. The van der Waals surface area contributed by atoms with Gasteiger partial charge in [0.05, 0.1) is 0 Å². The third kappa shape index (κ3) is 3.85. The molecule has 3 rings (SSSR count). The highest BCUT2D eigenvalue weighted by molar-refractivity contribution is 5.28. The number of nitrogens with two attached hydrogens (primary N) is 1. The van der Waals surface area contributed by atoms with E-state index in [9.17, 15) is 0 Å². The van der Waals surface area contributed by atoms with Crippen molar-refractivity contribution in [1.29, 1.82) is 0 Å². The lowest BCUT2D eigenvalue weighted by Gasteiger charge is -2.15. The zero-order valence-corrected chi connectivity index (χ0v) is 12.4. The van der Waals surface area contributed by atoms with Crippen LogP contribution in [0.5, 0.6) is 5.75 Å². The van der Waals surface area contributed by atoms with Crippen LogP contribution in [0.25, 0.3) is 0 Å². The van der Waals surface area contributed by atoms with Crippen molar-refractivity contribution in [1.82, 2.24) is 0 Å². The van der Waals surface area contributed by atoms with E-state index in [4.69, 9.17) is 10.5 Å². The Hall–Kier alpha value is -1.80. The predicted octanol–water partition coefficient (Wildman–Crippen LogP) is 3.94. The van der Waals surface area contributed by atoms with Gasteiger partial charge in [-0.05, 0) is 48.4 Å². The van der Waals surface area contributed by atoms with Gasteiger partial charge in [0.25, 0.3) is 0 Å². The Labute approximate surface area is 126 Å². The Kier molecular flexibility index (Phi) is 4.56. The van der Waals surface area contributed by atoms with Crippen LogP contribution in [0.2, 0.25) is 0 Å². The van der Waals surface area contributed by atoms with E-state index in [0.29, 0.717) is 18.6 Å². The molecule has 0 spiro atoms. The fourth-order valence-corrected chi connectivity index (χ4v) is 3.08. The third-order valence-corrected chi connectivity index (χ3v) is 4.39. The van der Waals surface area contributed by atoms with E-state index in [1.54, 1.807) is 0 Å². The highest BCUT2D eigenvalue weighted by atomic mass is 16.5. The van der Waals surface area contributed by atoms with Crippen LogP contribution in [-0.4, -0.2) is 6.04 Å². The second-order valence-corrected chi connectivity index (χ2v) is 5.98. The summed E-state index contributed by atoms with van der Waals surface area (Å²) in [5.74, 6) is 1.58. The third-order valence-electron chi connectivity index (χ3n) is 4.39. The Morgan fingerprint density at radius 1 is 0.905 bits per heavy atom. The van der Waals surface area contributed by atoms with Gasteiger partial charge in [0.1, 0.15) is 12.4 Å². The molecule has 1 fully saturated rings. The topological polar surface area (TPSA) is 35.2 Å². The fraction of sp³-hybridized carbons (Fsp3) is 0.368. The fourth-order valence-electron chi connectivity index (χ4n) is 3.08. The van der Waals surface area contributed by atoms with Crippen molar-refractivity contribution in [2.45, 2.75) is 38.3 Å². The summed E-state index contributed by atoms with van der Waals surface area (Å²) in [6.45, 7) is 0.619. The summed E-state index contributed by atoms with van der Waals surface area (Å²) in [5.41, 5.74) is 8.70. The quantitative estimate of drug-likeness (QED) is 0.901. The number of rotatable bonds is 5. The lowest BCUT2D eigenvalue weighted by atomic mass is 9.95. The van der Waals surface area contributed by atoms with Gasteiger partial charge in [0, 0.05) is 6.04 Å². The molecule has 0 amide bonds. The molecule has 0 bridgehead atoms. The van der Waals surface area contributed by atoms with E-state index in [2.05, 4.69) is 36.4 Å². The summed E-state index contributed by atoms with van der Waals surface area (Å²) in [5, 5.41) is 0. The maximum Gasteiger partial charge on any atom is 0.119 e. The van der Waals surface area contributed by atoms with Crippen molar-refractivity contribution >= 4 is 0 Å². The van der Waals surface area contributed by atoms with Crippen LogP contribution >= 0.6 is 0 Å². The van der Waals surface area contributed by atoms with Gasteiger partial charge in [-0.2, -0.15) is 0 Å². The molecule has 0 saturated heterocycles. The van der Waals surface area contributed by atoms with Gasteiger partial charge in [-0.3, -0.25) is 0 Å². The molecule has 0 aliphatic heterocycles. The summed E-state index contributed by atoms with van der Waals surface area (Å²) in [6.07, 6.45) is 4.83. The highest BCUT2D eigenvalue weighted by Crippen LogP contribution is 2.27. The van der Waals surface area contributed by atoms with E-state index in [0.717, 1.165) is 12.2 Å². The van der Waals surface area contributed by atoms with E-state index < -0.39 is 0 Å². The molecule has 2 aromatic carbocycles. The van der Waals surface area contributed by atoms with Gasteiger partial charge >= 0.3 is 0 Å². The molecular formula is C19H23NO. The molecule has 110 valence electrons. The van der Waals surface area contributed by atoms with E-state index in [1.165, 1.54) is 30.4 Å². The van der Waals surface area contributed by atoms with Crippen molar-refractivity contribution in [3.8, 4) is 5.75 Å². The molecule has 2 aromatic rings. The molecule has 21 heavy (non-hydrogen) atoms. The van der Waals surface area contributed by atoms with Gasteiger partial charge in [-0.25, -0.2) is 0 Å². The summed E-state index contributed by atoms with van der Waals surface area (Å²) in [4.78, 5) is 0. The molecule has 0 aromatic heterocycles. The predicted molar refractivity (Wildman–Crippen MR) is 86.2 cm³/mol. The summed E-state index contributed by atoms with van der Waals surface area (Å²) in [7, 11) is 0. The highest BCUT2D eigenvalue weighted by Gasteiger charge is 2.23. The summed E-state index contributed by atoms with van der Waals surface area (Å²) < 4.78 is 5.81. The van der Waals surface area contributed by atoms with Crippen molar-refractivity contribution in [3.63, 3.8) is 0 Å². The molecule has 0 radical (unpaired) electrons. The van der Waals surface area contributed by atoms with Gasteiger partial charge < -0.3 is 10.5 Å². The van der Waals surface area contributed by atoms with Crippen LogP contribution in [0.1, 0.15) is 30.4 Å². The first-order chi connectivity index (χ1) is 10.3. The lowest BCUT2D eigenvalue weighted by Crippen LogP contribution is -2.25. The maximum absolute atomic E-state index is 6.14. The van der Waals surface area contributed by atoms with Gasteiger partial charge in [0.15, 0.2) is 0 Å². The van der Waals surface area contributed by atoms with Crippen LogP contribution < -0.4 is 10.5 Å². The van der Waals surface area contributed by atoms with Crippen LogP contribution in [0.4, 0.5) is 0 Å². The largest absolute Gasteiger partial charge is 0.489 e. The second kappa shape index (κ2) is 6.77. The summed E-state index contributed by atoms with van der Waals surface area (Å²) in [6, 6.07) is 19.1. The minimum Gasteiger partial charge on any atom is -0.489 e. The lowest BCUT2D eigenvalue weighted by molar-refractivity contribution is 0.306. The molecule has 0 heterocycles. The van der Waals surface area contributed by atoms with Crippen molar-refractivity contribution in [2.75, 3.05) is 0 Å². The zero-order chi connectivity index (χ0) is 14.5. The van der Waals surface area contributed by atoms with E-state index in [-0.39, 0.29) is 0 Å². The Bertz CT molecular complexity index is 550. The first kappa shape index (κ1) is 14.2. The first-order valence-corrected chi connectivity index (χ1v) is 7.82. The minimum atomic E-state index is 0.388. The Morgan fingerprint density at radius 3 is 2.33 bits per heavy atom. The van der Waals surface area contributed by atoms with Crippen molar-refractivity contribution in [3.05, 3.63) is 65.7 Å².